The highest BCUT2D eigenvalue weighted by atomic mass is 16.8. The zero-order valence-corrected chi connectivity index (χ0v) is 9.59. The Labute approximate surface area is 103 Å². The zero-order chi connectivity index (χ0) is 13.1. The van der Waals surface area contributed by atoms with Gasteiger partial charge < -0.3 is 30.4 Å². The SMILES string of the molecule is O=C(O)c1cc([NH+]([O-])[O-])ccc1N1CCOCC1. The summed E-state index contributed by atoms with van der Waals surface area (Å²) in [6, 6.07) is 3.98. The molecule has 0 amide bonds. The number of aromatic carboxylic acids is 1. The van der Waals surface area contributed by atoms with E-state index in [9.17, 15) is 15.2 Å². The normalized spacial score (nSPS) is 16.1. The van der Waals surface area contributed by atoms with Crippen LogP contribution in [0, 0.1) is 10.4 Å². The van der Waals surface area contributed by atoms with Crippen molar-refractivity contribution in [2.24, 2.45) is 0 Å². The molecule has 1 aliphatic heterocycles. The van der Waals surface area contributed by atoms with Gasteiger partial charge in [-0.2, -0.15) is 0 Å². The van der Waals surface area contributed by atoms with Gasteiger partial charge in [0.05, 0.1) is 24.5 Å². The van der Waals surface area contributed by atoms with Crippen LogP contribution in [0.4, 0.5) is 11.4 Å². The predicted octanol–water partition coefficient (Wildman–Crippen LogP) is -0.267. The lowest BCUT2D eigenvalue weighted by Crippen LogP contribution is -2.96. The first-order valence-electron chi connectivity index (χ1n) is 5.51. The summed E-state index contributed by atoms with van der Waals surface area (Å²) in [5.41, 5.74) is 0.346. The first-order chi connectivity index (χ1) is 8.59. The molecule has 1 heterocycles. The Bertz CT molecular complexity index is 443. The van der Waals surface area contributed by atoms with Crippen LogP contribution in [0.25, 0.3) is 0 Å². The van der Waals surface area contributed by atoms with Gasteiger partial charge >= 0.3 is 5.97 Å². The van der Waals surface area contributed by atoms with Crippen LogP contribution in [0.15, 0.2) is 18.2 Å². The van der Waals surface area contributed by atoms with Crippen LogP contribution in [0.2, 0.25) is 0 Å². The second kappa shape index (κ2) is 5.32. The largest absolute Gasteiger partial charge is 0.628 e. The molecule has 0 aliphatic carbocycles. The molecule has 1 aromatic rings. The molecule has 1 saturated heterocycles. The van der Waals surface area contributed by atoms with E-state index in [-0.39, 0.29) is 11.3 Å². The molecule has 0 spiro atoms. The van der Waals surface area contributed by atoms with Crippen molar-refractivity contribution in [1.29, 1.82) is 0 Å². The fourth-order valence-electron chi connectivity index (χ4n) is 1.91. The summed E-state index contributed by atoms with van der Waals surface area (Å²) in [6.45, 7) is 2.23. The molecule has 0 saturated carbocycles. The number of carbonyl (C=O) groups is 1. The van der Waals surface area contributed by atoms with Crippen LogP contribution in [0.3, 0.4) is 0 Å². The van der Waals surface area contributed by atoms with E-state index in [0.29, 0.717) is 32.0 Å². The summed E-state index contributed by atoms with van der Waals surface area (Å²) in [4.78, 5) is 13.0. The summed E-state index contributed by atoms with van der Waals surface area (Å²) in [6.07, 6.45) is 0. The first kappa shape index (κ1) is 12.8. The van der Waals surface area contributed by atoms with E-state index in [1.165, 1.54) is 12.1 Å². The molecular weight excluding hydrogens is 240 g/mol. The summed E-state index contributed by atoms with van der Waals surface area (Å²) < 4.78 is 5.19. The number of nitrogens with one attached hydrogen (secondary N) is 1. The number of hydrogen-bond donors (Lipinski definition) is 2. The van der Waals surface area contributed by atoms with Gasteiger partial charge in [-0.1, -0.05) is 0 Å². The van der Waals surface area contributed by atoms with Crippen LogP contribution in [0.5, 0.6) is 0 Å². The van der Waals surface area contributed by atoms with Crippen molar-refractivity contribution in [3.05, 3.63) is 34.2 Å². The number of nitrogens with zero attached hydrogens (tertiary/aromatic N) is 1. The highest BCUT2D eigenvalue weighted by Crippen LogP contribution is 2.24. The molecule has 18 heavy (non-hydrogen) atoms. The topological polar surface area (TPSA) is 100 Å². The predicted molar refractivity (Wildman–Crippen MR) is 63.8 cm³/mol. The van der Waals surface area contributed by atoms with E-state index < -0.39 is 11.2 Å². The van der Waals surface area contributed by atoms with Crippen LogP contribution >= 0.6 is 0 Å². The molecule has 0 aromatic heterocycles. The van der Waals surface area contributed by atoms with Crippen molar-refractivity contribution in [3.63, 3.8) is 0 Å². The van der Waals surface area contributed by atoms with Gasteiger partial charge in [0, 0.05) is 25.2 Å². The van der Waals surface area contributed by atoms with E-state index in [4.69, 9.17) is 9.84 Å². The average molecular weight is 253 g/mol. The molecule has 0 radical (unpaired) electrons. The van der Waals surface area contributed by atoms with Crippen molar-refractivity contribution < 1.29 is 19.9 Å². The quantitative estimate of drug-likeness (QED) is 0.719. The molecule has 0 bridgehead atoms. The van der Waals surface area contributed by atoms with E-state index in [0.717, 1.165) is 6.07 Å². The molecule has 7 heteroatoms. The number of rotatable bonds is 3. The van der Waals surface area contributed by atoms with Gasteiger partial charge in [-0.05, 0) is 6.07 Å². The van der Waals surface area contributed by atoms with Crippen LogP contribution in [-0.4, -0.2) is 37.4 Å². The molecule has 1 aliphatic rings. The Kier molecular flexibility index (Phi) is 3.78. The first-order valence-corrected chi connectivity index (χ1v) is 5.51. The Balaban J connectivity index is 2.36. The maximum Gasteiger partial charge on any atom is 0.338 e. The maximum absolute atomic E-state index is 11.2. The van der Waals surface area contributed by atoms with Crippen molar-refractivity contribution in [3.8, 4) is 0 Å². The number of carboxylic acids is 1. The van der Waals surface area contributed by atoms with Gasteiger partial charge in [0.1, 0.15) is 5.69 Å². The van der Waals surface area contributed by atoms with Gasteiger partial charge in [0.2, 0.25) is 0 Å². The third-order valence-corrected chi connectivity index (χ3v) is 2.81. The number of ether oxygens (including phenoxy) is 1. The second-order valence-corrected chi connectivity index (χ2v) is 3.92. The third kappa shape index (κ3) is 2.59. The fourth-order valence-corrected chi connectivity index (χ4v) is 1.91. The Hall–Kier alpha value is -1.67. The molecule has 0 atom stereocenters. The minimum absolute atomic E-state index is 0.0291. The Morgan fingerprint density at radius 3 is 2.56 bits per heavy atom. The molecule has 2 N–H and O–H groups in total. The zero-order valence-electron chi connectivity index (χ0n) is 9.59. The highest BCUT2D eigenvalue weighted by Gasteiger charge is 2.19. The van der Waals surface area contributed by atoms with Crippen LogP contribution in [0.1, 0.15) is 10.4 Å². The van der Waals surface area contributed by atoms with Crippen LogP contribution in [-0.2, 0) is 4.74 Å². The molecule has 7 nitrogen and oxygen atoms in total. The van der Waals surface area contributed by atoms with Crippen molar-refractivity contribution >= 4 is 17.3 Å². The molecule has 2 rings (SSSR count). The van der Waals surface area contributed by atoms with E-state index in [2.05, 4.69) is 0 Å². The maximum atomic E-state index is 11.2. The lowest BCUT2D eigenvalue weighted by molar-refractivity contribution is -0.715. The Morgan fingerprint density at radius 2 is 2.00 bits per heavy atom. The number of morpholine rings is 1. The van der Waals surface area contributed by atoms with E-state index >= 15 is 0 Å². The lowest BCUT2D eigenvalue weighted by Gasteiger charge is -2.31. The van der Waals surface area contributed by atoms with Gasteiger partial charge in [0.25, 0.3) is 0 Å². The molecule has 1 aromatic carbocycles. The number of benzene rings is 1. The summed E-state index contributed by atoms with van der Waals surface area (Å²) in [7, 11) is 0. The fraction of sp³-hybridized carbons (Fsp3) is 0.364. The number of anilines is 1. The smallest absolute Gasteiger partial charge is 0.338 e. The third-order valence-electron chi connectivity index (χ3n) is 2.81. The minimum Gasteiger partial charge on any atom is -0.628 e. The monoisotopic (exact) mass is 253 g/mol. The lowest BCUT2D eigenvalue weighted by atomic mass is 10.1. The minimum atomic E-state index is -1.38. The standard InChI is InChI=1S/C11H13N2O5/c14-11(15)9-7-8(13(16)17)1-2-10(9)12-3-5-18-6-4-12/h1-2,7,13H,3-6H2,(H,14,15)/q-1. The van der Waals surface area contributed by atoms with Gasteiger partial charge in [0.15, 0.2) is 0 Å². The molecule has 98 valence electrons. The average Bonchev–Trinajstić information content (AvgIpc) is 2.39. The number of carboxylic acid groups (broad SMARTS) is 1. The van der Waals surface area contributed by atoms with Crippen molar-refractivity contribution in [2.75, 3.05) is 31.2 Å². The van der Waals surface area contributed by atoms with E-state index in [1.807, 2.05) is 4.90 Å². The number of quaternary nitrogens is 1. The summed E-state index contributed by atoms with van der Waals surface area (Å²) in [5, 5.41) is 29.2. The van der Waals surface area contributed by atoms with Crippen molar-refractivity contribution in [1.82, 2.24) is 0 Å². The summed E-state index contributed by atoms with van der Waals surface area (Å²) in [5.74, 6) is -1.15. The highest BCUT2D eigenvalue weighted by molar-refractivity contribution is 5.95. The Morgan fingerprint density at radius 1 is 1.33 bits per heavy atom. The van der Waals surface area contributed by atoms with E-state index in [1.54, 1.807) is 0 Å². The second-order valence-electron chi connectivity index (χ2n) is 3.92. The van der Waals surface area contributed by atoms with Crippen molar-refractivity contribution in [2.45, 2.75) is 0 Å². The molecule has 0 unspecified atom stereocenters. The molecular formula is C11H13N2O5-. The summed E-state index contributed by atoms with van der Waals surface area (Å²) >= 11 is 0. The van der Waals surface area contributed by atoms with Crippen LogP contribution < -0.4 is 10.1 Å². The molecule has 1 fully saturated rings. The van der Waals surface area contributed by atoms with Gasteiger partial charge in [-0.15, -0.1) is 0 Å². The van der Waals surface area contributed by atoms with Gasteiger partial charge in [-0.3, -0.25) is 0 Å². The number of hydrogen-bond acceptors (Lipinski definition) is 5. The van der Waals surface area contributed by atoms with Gasteiger partial charge in [-0.25, -0.2) is 4.79 Å².